The lowest BCUT2D eigenvalue weighted by Gasteiger charge is -2.30. The molecular formula is C16H17BrO4. The number of esters is 2. The maximum absolute atomic E-state index is 12.4. The number of methoxy groups -OCH3 is 2. The fraction of sp³-hybridized carbons (Fsp3) is 0.750. The van der Waals surface area contributed by atoms with E-state index in [0.29, 0.717) is 30.6 Å². The molecule has 6 unspecified atom stereocenters. The Bertz CT molecular complexity index is 622. The number of carbonyl (C=O) groups is 2. The molecule has 0 saturated heterocycles. The highest BCUT2D eigenvalue weighted by Gasteiger charge is 2.87. The van der Waals surface area contributed by atoms with Crippen LogP contribution in [0.1, 0.15) is 19.3 Å². The Morgan fingerprint density at radius 2 is 1.90 bits per heavy atom. The second-order valence-electron chi connectivity index (χ2n) is 7.42. The fourth-order valence-electron chi connectivity index (χ4n) is 6.83. The van der Waals surface area contributed by atoms with Crippen LogP contribution in [0.5, 0.6) is 0 Å². The first kappa shape index (κ1) is 12.7. The van der Waals surface area contributed by atoms with Gasteiger partial charge in [-0.25, -0.2) is 0 Å². The Morgan fingerprint density at radius 3 is 2.48 bits per heavy atom. The summed E-state index contributed by atoms with van der Waals surface area (Å²) in [5, 5.41) is 0. The molecule has 6 aliphatic rings. The van der Waals surface area contributed by atoms with Gasteiger partial charge in [0.15, 0.2) is 5.41 Å². The fourth-order valence-corrected chi connectivity index (χ4v) is 7.96. The highest BCUT2D eigenvalue weighted by atomic mass is 79.9. The van der Waals surface area contributed by atoms with Gasteiger partial charge in [-0.15, -0.1) is 0 Å². The largest absolute Gasteiger partial charge is 0.468 e. The van der Waals surface area contributed by atoms with Crippen LogP contribution in [0.3, 0.4) is 0 Å². The third-order valence-electron chi connectivity index (χ3n) is 7.23. The van der Waals surface area contributed by atoms with Crippen molar-refractivity contribution in [1.29, 1.82) is 0 Å². The smallest absolute Gasteiger partial charge is 0.323 e. The van der Waals surface area contributed by atoms with Crippen molar-refractivity contribution in [3.05, 3.63) is 10.1 Å². The van der Waals surface area contributed by atoms with E-state index in [0.717, 1.165) is 11.8 Å². The Hall–Kier alpha value is -0.840. The van der Waals surface area contributed by atoms with Gasteiger partial charge in [-0.3, -0.25) is 9.59 Å². The van der Waals surface area contributed by atoms with Crippen molar-refractivity contribution in [3.8, 4) is 0 Å². The van der Waals surface area contributed by atoms with Gasteiger partial charge < -0.3 is 9.47 Å². The van der Waals surface area contributed by atoms with Gasteiger partial charge in [0.05, 0.1) is 14.2 Å². The predicted octanol–water partition coefficient (Wildman–Crippen LogP) is 2.27. The quantitative estimate of drug-likeness (QED) is 0.565. The number of hydrogen-bond donors (Lipinski definition) is 0. The van der Waals surface area contributed by atoms with Gasteiger partial charge in [-0.05, 0) is 53.3 Å². The maximum Gasteiger partial charge on any atom is 0.323 e. The Morgan fingerprint density at radius 1 is 1.24 bits per heavy atom. The summed E-state index contributed by atoms with van der Waals surface area (Å²) in [4.78, 5) is 24.9. The average Bonchev–Trinajstić information content (AvgIpc) is 2.88. The highest BCUT2D eigenvalue weighted by molar-refractivity contribution is 9.11. The molecule has 4 nitrogen and oxygen atoms in total. The molecule has 6 atom stereocenters. The number of halogens is 1. The Balaban J connectivity index is 1.66. The molecule has 6 aliphatic carbocycles. The molecule has 0 amide bonds. The van der Waals surface area contributed by atoms with Crippen molar-refractivity contribution in [2.24, 2.45) is 40.4 Å². The van der Waals surface area contributed by atoms with Crippen molar-refractivity contribution in [2.45, 2.75) is 19.3 Å². The van der Waals surface area contributed by atoms with Crippen LogP contribution in [-0.2, 0) is 19.1 Å². The summed E-state index contributed by atoms with van der Waals surface area (Å²) >= 11 is 3.80. The van der Waals surface area contributed by atoms with Crippen molar-refractivity contribution in [2.75, 3.05) is 14.2 Å². The van der Waals surface area contributed by atoms with Crippen molar-refractivity contribution in [1.82, 2.24) is 0 Å². The summed E-state index contributed by atoms with van der Waals surface area (Å²) in [5.41, 5.74) is 0.295. The summed E-state index contributed by atoms with van der Waals surface area (Å²) in [6.45, 7) is 0. The van der Waals surface area contributed by atoms with Gasteiger partial charge in [0, 0.05) is 5.41 Å². The third-order valence-corrected chi connectivity index (χ3v) is 8.24. The van der Waals surface area contributed by atoms with Gasteiger partial charge in [-0.1, -0.05) is 21.5 Å². The number of ether oxygens (including phenoxy) is 2. The number of carbonyl (C=O) groups excluding carboxylic acids is 2. The monoisotopic (exact) mass is 352 g/mol. The topological polar surface area (TPSA) is 52.6 Å². The van der Waals surface area contributed by atoms with E-state index >= 15 is 0 Å². The summed E-state index contributed by atoms with van der Waals surface area (Å²) in [5.74, 6) is 2.80. The Kier molecular flexibility index (Phi) is 2.05. The number of hydrogen-bond acceptors (Lipinski definition) is 4. The minimum Gasteiger partial charge on any atom is -0.468 e. The average molecular weight is 353 g/mol. The minimum absolute atomic E-state index is 0.0845. The zero-order valence-electron chi connectivity index (χ0n) is 12.0. The van der Waals surface area contributed by atoms with E-state index in [2.05, 4.69) is 15.9 Å². The van der Waals surface area contributed by atoms with E-state index in [1.54, 1.807) is 0 Å². The van der Waals surface area contributed by atoms with Crippen LogP contribution in [-0.4, -0.2) is 26.2 Å². The molecule has 0 aromatic carbocycles. The lowest BCUT2D eigenvalue weighted by Crippen LogP contribution is -2.40. The molecule has 6 rings (SSSR count). The van der Waals surface area contributed by atoms with E-state index in [1.165, 1.54) is 30.7 Å². The summed E-state index contributed by atoms with van der Waals surface area (Å²) < 4.78 is 11.3. The number of rotatable bonds is 2. The lowest BCUT2D eigenvalue weighted by atomic mass is 9.73. The van der Waals surface area contributed by atoms with Crippen LogP contribution in [0.15, 0.2) is 10.1 Å². The summed E-state index contributed by atoms with van der Waals surface area (Å²) in [6, 6.07) is 0. The third kappa shape index (κ3) is 1.03. The summed E-state index contributed by atoms with van der Waals surface area (Å²) in [7, 11) is 2.72. The van der Waals surface area contributed by atoms with Crippen molar-refractivity contribution >= 4 is 27.9 Å². The molecule has 1 spiro atoms. The first-order valence-electron chi connectivity index (χ1n) is 7.59. The van der Waals surface area contributed by atoms with Crippen LogP contribution in [0, 0.1) is 40.4 Å². The maximum atomic E-state index is 12.4. The SMILES string of the molecule is COC(=O)C1(C(=O)OC)CC2=C(Br)C3C4C5CC3C2(C1)C54. The molecule has 21 heavy (non-hydrogen) atoms. The normalized spacial score (nSPS) is 49.4. The van der Waals surface area contributed by atoms with E-state index in [1.807, 2.05) is 0 Å². The molecule has 112 valence electrons. The molecule has 0 aromatic heterocycles. The van der Waals surface area contributed by atoms with Gasteiger partial charge >= 0.3 is 11.9 Å². The molecule has 0 radical (unpaired) electrons. The van der Waals surface area contributed by atoms with Crippen molar-refractivity contribution in [3.63, 3.8) is 0 Å². The van der Waals surface area contributed by atoms with Gasteiger partial charge in [0.25, 0.3) is 0 Å². The molecule has 5 fully saturated rings. The van der Waals surface area contributed by atoms with Crippen LogP contribution in [0.2, 0.25) is 0 Å². The van der Waals surface area contributed by atoms with Gasteiger partial charge in [-0.2, -0.15) is 0 Å². The molecule has 5 saturated carbocycles. The van der Waals surface area contributed by atoms with Gasteiger partial charge in [0.2, 0.25) is 0 Å². The summed E-state index contributed by atoms with van der Waals surface area (Å²) in [6.07, 6.45) is 2.36. The van der Waals surface area contributed by atoms with Crippen LogP contribution < -0.4 is 0 Å². The van der Waals surface area contributed by atoms with Crippen LogP contribution in [0.25, 0.3) is 0 Å². The van der Waals surface area contributed by atoms with Crippen LogP contribution >= 0.6 is 15.9 Å². The second-order valence-corrected chi connectivity index (χ2v) is 8.27. The molecular weight excluding hydrogens is 336 g/mol. The second kappa shape index (κ2) is 3.39. The van der Waals surface area contributed by atoms with E-state index in [-0.39, 0.29) is 5.41 Å². The number of allylic oxidation sites excluding steroid dienone is 2. The molecule has 6 bridgehead atoms. The first-order valence-corrected chi connectivity index (χ1v) is 8.38. The van der Waals surface area contributed by atoms with E-state index in [4.69, 9.17) is 9.47 Å². The zero-order valence-corrected chi connectivity index (χ0v) is 13.6. The lowest BCUT2D eigenvalue weighted by molar-refractivity contribution is -0.169. The Labute approximate surface area is 131 Å². The highest BCUT2D eigenvalue weighted by Crippen LogP contribution is 2.91. The molecule has 0 N–H and O–H groups in total. The van der Waals surface area contributed by atoms with Gasteiger partial charge in [0.1, 0.15) is 0 Å². The van der Waals surface area contributed by atoms with E-state index < -0.39 is 17.4 Å². The van der Waals surface area contributed by atoms with E-state index in [9.17, 15) is 9.59 Å². The molecule has 5 heteroatoms. The first-order chi connectivity index (χ1) is 10.0. The molecule has 0 aliphatic heterocycles. The zero-order chi connectivity index (χ0) is 14.7. The minimum atomic E-state index is -1.12. The van der Waals surface area contributed by atoms with Crippen molar-refractivity contribution < 1.29 is 19.1 Å². The standard InChI is InChI=1S/C16H17BrO4/c1-20-13(18)15(14(19)21-2)4-8-12(17)10-7-3-6-9(10)11(6)16(7,8)5-15/h6-7,9-11H,3-5H2,1-2H3. The molecule has 0 aromatic rings. The molecule has 0 heterocycles. The predicted molar refractivity (Wildman–Crippen MR) is 76.2 cm³/mol. The van der Waals surface area contributed by atoms with Crippen LogP contribution in [0.4, 0.5) is 0 Å².